The van der Waals surface area contributed by atoms with Gasteiger partial charge in [0, 0.05) is 17.1 Å². The Morgan fingerprint density at radius 2 is 1.67 bits per heavy atom. The summed E-state index contributed by atoms with van der Waals surface area (Å²) in [4.78, 5) is 19.8. The lowest BCUT2D eigenvalue weighted by atomic mass is 10.1. The van der Waals surface area contributed by atoms with Crippen LogP contribution in [-0.2, 0) is 0 Å². The predicted octanol–water partition coefficient (Wildman–Crippen LogP) is 5.69. The van der Waals surface area contributed by atoms with Crippen LogP contribution in [0.1, 0.15) is 11.4 Å². The van der Waals surface area contributed by atoms with E-state index < -0.39 is 0 Å². The van der Waals surface area contributed by atoms with E-state index >= 15 is 0 Å². The number of hydrogen-bond acceptors (Lipinski definition) is 4. The van der Waals surface area contributed by atoms with Crippen LogP contribution in [-0.4, -0.2) is 19.7 Å². The molecule has 0 radical (unpaired) electrons. The fraction of sp³-hybridized carbons (Fsp3) is 0. The monoisotopic (exact) mass is 430 g/mol. The van der Waals surface area contributed by atoms with Gasteiger partial charge in [-0.15, -0.1) is 0 Å². The minimum atomic E-state index is -0.169. The third-order valence-corrected chi connectivity index (χ3v) is 5.47. The topological polar surface area (TPSA) is 76.7 Å². The predicted molar refractivity (Wildman–Crippen MR) is 130 cm³/mol. The molecule has 6 rings (SSSR count). The van der Waals surface area contributed by atoms with Crippen molar-refractivity contribution < 1.29 is 4.42 Å². The lowest BCUT2D eigenvalue weighted by molar-refractivity contribution is 0.627. The Hall–Kier alpha value is -4.71. The lowest BCUT2D eigenvalue weighted by Crippen LogP contribution is -2.09. The maximum Gasteiger partial charge on any atom is 0.259 e. The maximum atomic E-state index is 12.4. The van der Waals surface area contributed by atoms with Gasteiger partial charge in [0.15, 0.2) is 5.76 Å². The molecule has 0 spiro atoms. The standard InChI is InChI=1S/C27H18N4O2/c32-27-21-11-5-6-12-22(21)28-25(29-27)15-14-19-17-31(20-9-2-1-3-10-20)30-26(19)24-16-18-8-4-7-13-23(18)33-24/h1-17H,(H,28,29,32). The van der Waals surface area contributed by atoms with E-state index in [4.69, 9.17) is 9.52 Å². The van der Waals surface area contributed by atoms with Crippen LogP contribution in [0.25, 0.3) is 51.2 Å². The number of fused-ring (bicyclic) bond motifs is 2. The van der Waals surface area contributed by atoms with Crippen LogP contribution in [0.5, 0.6) is 0 Å². The number of furan rings is 1. The first-order valence-corrected chi connectivity index (χ1v) is 10.6. The van der Waals surface area contributed by atoms with Crippen LogP contribution in [0.15, 0.2) is 100 Å². The van der Waals surface area contributed by atoms with Crippen LogP contribution >= 0.6 is 0 Å². The molecule has 3 aromatic heterocycles. The Bertz CT molecular complexity index is 1660. The van der Waals surface area contributed by atoms with Crippen LogP contribution in [0.2, 0.25) is 0 Å². The highest BCUT2D eigenvalue weighted by atomic mass is 16.3. The zero-order chi connectivity index (χ0) is 22.2. The van der Waals surface area contributed by atoms with Crippen molar-refractivity contribution in [2.24, 2.45) is 0 Å². The molecule has 3 aromatic carbocycles. The fourth-order valence-electron chi connectivity index (χ4n) is 3.86. The van der Waals surface area contributed by atoms with E-state index in [-0.39, 0.29) is 5.56 Å². The molecule has 0 saturated carbocycles. The fourth-order valence-corrected chi connectivity index (χ4v) is 3.86. The van der Waals surface area contributed by atoms with Gasteiger partial charge in [-0.3, -0.25) is 4.79 Å². The van der Waals surface area contributed by atoms with Gasteiger partial charge in [0.05, 0.1) is 16.6 Å². The zero-order valence-electron chi connectivity index (χ0n) is 17.5. The molecule has 0 bridgehead atoms. The Labute approximate surface area is 188 Å². The summed E-state index contributed by atoms with van der Waals surface area (Å²) in [5.41, 5.74) is 3.77. The van der Waals surface area contributed by atoms with Crippen molar-refractivity contribution in [3.63, 3.8) is 0 Å². The van der Waals surface area contributed by atoms with Gasteiger partial charge < -0.3 is 9.40 Å². The van der Waals surface area contributed by atoms with Gasteiger partial charge in [-0.1, -0.05) is 48.5 Å². The molecule has 158 valence electrons. The Morgan fingerprint density at radius 3 is 2.55 bits per heavy atom. The van der Waals surface area contributed by atoms with Crippen molar-refractivity contribution in [3.05, 3.63) is 113 Å². The van der Waals surface area contributed by atoms with Crippen LogP contribution in [0.3, 0.4) is 0 Å². The van der Waals surface area contributed by atoms with E-state index in [2.05, 4.69) is 9.97 Å². The smallest absolute Gasteiger partial charge is 0.259 e. The molecule has 0 aliphatic rings. The third kappa shape index (κ3) is 3.53. The van der Waals surface area contributed by atoms with Gasteiger partial charge in [0.25, 0.3) is 5.56 Å². The van der Waals surface area contributed by atoms with E-state index in [1.807, 2.05) is 95.8 Å². The van der Waals surface area contributed by atoms with Crippen molar-refractivity contribution >= 4 is 34.0 Å². The SMILES string of the molecule is O=c1[nH]c(C=Cc2cn(-c3ccccc3)nc2-c2cc3ccccc3o2)nc2ccccc12. The normalized spacial score (nSPS) is 11.6. The maximum absolute atomic E-state index is 12.4. The average Bonchev–Trinajstić information content (AvgIpc) is 3.47. The van der Waals surface area contributed by atoms with Gasteiger partial charge in [-0.2, -0.15) is 5.10 Å². The first-order chi connectivity index (χ1) is 16.2. The number of benzene rings is 3. The van der Waals surface area contributed by atoms with Gasteiger partial charge in [-0.25, -0.2) is 9.67 Å². The number of nitrogens with one attached hydrogen (secondary N) is 1. The van der Waals surface area contributed by atoms with Crippen LogP contribution in [0.4, 0.5) is 0 Å². The Balaban J connectivity index is 1.47. The van der Waals surface area contributed by atoms with Gasteiger partial charge >= 0.3 is 0 Å². The molecule has 0 amide bonds. The molecule has 0 unspecified atom stereocenters. The largest absolute Gasteiger partial charge is 0.454 e. The van der Waals surface area contributed by atoms with E-state index in [1.165, 1.54) is 0 Å². The van der Waals surface area contributed by atoms with Gasteiger partial charge in [-0.05, 0) is 48.6 Å². The second-order valence-electron chi connectivity index (χ2n) is 7.66. The highest BCUT2D eigenvalue weighted by Crippen LogP contribution is 2.30. The molecular weight excluding hydrogens is 412 g/mol. The van der Waals surface area contributed by atoms with E-state index in [0.29, 0.717) is 28.2 Å². The minimum absolute atomic E-state index is 0.169. The Kier molecular flexibility index (Phi) is 4.47. The number of aromatic nitrogens is 4. The van der Waals surface area contributed by atoms with Crippen molar-refractivity contribution in [1.29, 1.82) is 0 Å². The van der Waals surface area contributed by atoms with Crippen molar-refractivity contribution in [2.75, 3.05) is 0 Å². The number of H-pyrrole nitrogens is 1. The quantitative estimate of drug-likeness (QED) is 0.390. The number of hydrogen-bond donors (Lipinski definition) is 1. The summed E-state index contributed by atoms with van der Waals surface area (Å²) in [6.45, 7) is 0. The van der Waals surface area contributed by atoms with Crippen LogP contribution < -0.4 is 5.56 Å². The molecule has 0 atom stereocenters. The first-order valence-electron chi connectivity index (χ1n) is 10.6. The molecule has 33 heavy (non-hydrogen) atoms. The number of nitrogens with zero attached hydrogens (tertiary/aromatic N) is 3. The van der Waals surface area contributed by atoms with Gasteiger partial charge in [0.2, 0.25) is 0 Å². The summed E-state index contributed by atoms with van der Waals surface area (Å²) in [7, 11) is 0. The number of aromatic amines is 1. The lowest BCUT2D eigenvalue weighted by Gasteiger charge is -1.98. The summed E-state index contributed by atoms with van der Waals surface area (Å²) in [5.74, 6) is 1.15. The molecule has 6 aromatic rings. The van der Waals surface area contributed by atoms with Crippen LogP contribution in [0, 0.1) is 0 Å². The first kappa shape index (κ1) is 19.0. The molecule has 1 N–H and O–H groups in total. The Morgan fingerprint density at radius 1 is 0.879 bits per heavy atom. The summed E-state index contributed by atoms with van der Waals surface area (Å²) < 4.78 is 7.91. The number of para-hydroxylation sites is 3. The summed E-state index contributed by atoms with van der Waals surface area (Å²) in [6, 6.07) is 27.0. The molecule has 0 aliphatic carbocycles. The summed E-state index contributed by atoms with van der Waals surface area (Å²) in [6.07, 6.45) is 5.61. The highest BCUT2D eigenvalue weighted by molar-refractivity contribution is 5.85. The molecule has 0 fully saturated rings. The molecule has 0 saturated heterocycles. The van der Waals surface area contributed by atoms with E-state index in [9.17, 15) is 4.79 Å². The molecule has 6 nitrogen and oxygen atoms in total. The molecule has 6 heteroatoms. The van der Waals surface area contributed by atoms with E-state index in [1.54, 1.807) is 12.1 Å². The second kappa shape index (κ2) is 7.76. The van der Waals surface area contributed by atoms with Gasteiger partial charge in [0.1, 0.15) is 17.1 Å². The third-order valence-electron chi connectivity index (χ3n) is 5.47. The molecule has 3 heterocycles. The second-order valence-corrected chi connectivity index (χ2v) is 7.66. The molecule has 0 aliphatic heterocycles. The minimum Gasteiger partial charge on any atom is -0.454 e. The van der Waals surface area contributed by atoms with Crippen molar-refractivity contribution in [1.82, 2.24) is 19.7 Å². The average molecular weight is 430 g/mol. The van der Waals surface area contributed by atoms with Crippen molar-refractivity contribution in [3.8, 4) is 17.1 Å². The number of rotatable bonds is 4. The molecular formula is C27H18N4O2. The summed E-state index contributed by atoms with van der Waals surface area (Å²) >= 11 is 0. The summed E-state index contributed by atoms with van der Waals surface area (Å²) in [5, 5.41) is 6.38. The highest BCUT2D eigenvalue weighted by Gasteiger charge is 2.15. The zero-order valence-corrected chi connectivity index (χ0v) is 17.5. The van der Waals surface area contributed by atoms with Crippen molar-refractivity contribution in [2.45, 2.75) is 0 Å². The van der Waals surface area contributed by atoms with E-state index in [0.717, 1.165) is 22.2 Å².